The normalized spacial score (nSPS) is 11.4. The topological polar surface area (TPSA) is 88.1 Å². The van der Waals surface area contributed by atoms with E-state index in [0.717, 1.165) is 5.56 Å². The average Bonchev–Trinajstić information content (AvgIpc) is 2.67. The van der Waals surface area contributed by atoms with Crippen molar-refractivity contribution in [2.45, 2.75) is 11.4 Å². The second-order valence-corrected chi connectivity index (χ2v) is 8.16. The van der Waals surface area contributed by atoms with Crippen LogP contribution in [0.3, 0.4) is 0 Å². The molecule has 140 valence electrons. The van der Waals surface area contributed by atoms with Crippen molar-refractivity contribution in [2.75, 3.05) is 19.0 Å². The number of hydrogen-bond donors (Lipinski definition) is 1. The summed E-state index contributed by atoms with van der Waals surface area (Å²) in [6, 6.07) is 12.0. The van der Waals surface area contributed by atoms with Gasteiger partial charge in [-0.15, -0.1) is 0 Å². The molecule has 3 rings (SSSR count). The van der Waals surface area contributed by atoms with Crippen LogP contribution in [0.4, 0.5) is 5.95 Å². The van der Waals surface area contributed by atoms with E-state index in [0.29, 0.717) is 22.4 Å². The largest absolute Gasteiger partial charge is 0.347 e. The van der Waals surface area contributed by atoms with Gasteiger partial charge in [-0.1, -0.05) is 23.7 Å². The lowest BCUT2D eigenvalue weighted by Crippen LogP contribution is -2.24. The van der Waals surface area contributed by atoms with Gasteiger partial charge in [-0.3, -0.25) is 4.98 Å². The third-order valence-electron chi connectivity index (χ3n) is 3.73. The first-order valence-electron chi connectivity index (χ1n) is 8.06. The van der Waals surface area contributed by atoms with E-state index in [9.17, 15) is 8.42 Å². The Bertz CT molecular complexity index is 1020. The SMILES string of the molecule is CN(C)c1nccc(CNS(=O)(=O)c2ccc(-c3ccc(Cl)cc3)nc2)n1. The summed E-state index contributed by atoms with van der Waals surface area (Å²) in [6.45, 7) is 0.0601. The van der Waals surface area contributed by atoms with E-state index < -0.39 is 10.0 Å². The Kier molecular flexibility index (Phi) is 5.69. The van der Waals surface area contributed by atoms with Crippen molar-refractivity contribution in [3.8, 4) is 11.3 Å². The van der Waals surface area contributed by atoms with E-state index in [1.54, 1.807) is 35.4 Å². The van der Waals surface area contributed by atoms with E-state index in [-0.39, 0.29) is 11.4 Å². The summed E-state index contributed by atoms with van der Waals surface area (Å²) in [5.41, 5.74) is 2.09. The number of hydrogen-bond acceptors (Lipinski definition) is 6. The smallest absolute Gasteiger partial charge is 0.242 e. The third-order valence-corrected chi connectivity index (χ3v) is 5.37. The minimum absolute atomic E-state index is 0.0601. The van der Waals surface area contributed by atoms with Gasteiger partial charge in [-0.2, -0.15) is 0 Å². The lowest BCUT2D eigenvalue weighted by molar-refractivity contribution is 0.580. The van der Waals surface area contributed by atoms with E-state index in [4.69, 9.17) is 11.6 Å². The zero-order valence-electron chi connectivity index (χ0n) is 14.8. The van der Waals surface area contributed by atoms with E-state index in [1.165, 1.54) is 12.3 Å². The number of pyridine rings is 1. The summed E-state index contributed by atoms with van der Waals surface area (Å²) >= 11 is 5.88. The monoisotopic (exact) mass is 403 g/mol. The maximum atomic E-state index is 12.5. The molecule has 0 saturated heterocycles. The Morgan fingerprint density at radius 1 is 1.04 bits per heavy atom. The number of nitrogens with one attached hydrogen (secondary N) is 1. The van der Waals surface area contributed by atoms with Crippen molar-refractivity contribution in [2.24, 2.45) is 0 Å². The van der Waals surface area contributed by atoms with Crippen molar-refractivity contribution in [3.05, 3.63) is 65.6 Å². The van der Waals surface area contributed by atoms with E-state index >= 15 is 0 Å². The first kappa shape index (κ1) is 19.2. The second kappa shape index (κ2) is 7.99. The maximum Gasteiger partial charge on any atom is 0.242 e. The van der Waals surface area contributed by atoms with Gasteiger partial charge in [0.05, 0.1) is 17.9 Å². The molecule has 0 atom stereocenters. The van der Waals surface area contributed by atoms with Gasteiger partial charge in [-0.25, -0.2) is 23.1 Å². The van der Waals surface area contributed by atoms with Crippen LogP contribution in [0.15, 0.2) is 59.8 Å². The Balaban J connectivity index is 1.73. The minimum atomic E-state index is -3.70. The van der Waals surface area contributed by atoms with Crippen LogP contribution < -0.4 is 9.62 Å². The number of halogens is 1. The van der Waals surface area contributed by atoms with Gasteiger partial charge >= 0.3 is 0 Å². The van der Waals surface area contributed by atoms with Crippen LogP contribution in [0.1, 0.15) is 5.69 Å². The molecule has 1 N–H and O–H groups in total. The van der Waals surface area contributed by atoms with Gasteiger partial charge < -0.3 is 4.90 Å². The van der Waals surface area contributed by atoms with E-state index in [2.05, 4.69) is 19.7 Å². The van der Waals surface area contributed by atoms with Crippen LogP contribution >= 0.6 is 11.6 Å². The molecule has 0 fully saturated rings. The zero-order valence-corrected chi connectivity index (χ0v) is 16.4. The molecule has 7 nitrogen and oxygen atoms in total. The summed E-state index contributed by atoms with van der Waals surface area (Å²) in [4.78, 5) is 14.5. The highest BCUT2D eigenvalue weighted by atomic mass is 35.5. The predicted octanol–water partition coefficient (Wildman–Crippen LogP) is 2.74. The molecular weight excluding hydrogens is 386 g/mol. The van der Waals surface area contributed by atoms with Gasteiger partial charge in [0.25, 0.3) is 0 Å². The first-order valence-corrected chi connectivity index (χ1v) is 9.92. The fourth-order valence-electron chi connectivity index (χ4n) is 2.28. The number of sulfonamides is 1. The second-order valence-electron chi connectivity index (χ2n) is 5.95. The summed E-state index contributed by atoms with van der Waals surface area (Å²) in [6.07, 6.45) is 2.92. The van der Waals surface area contributed by atoms with Crippen LogP contribution in [0.5, 0.6) is 0 Å². The van der Waals surface area contributed by atoms with Crippen molar-refractivity contribution in [1.82, 2.24) is 19.7 Å². The van der Waals surface area contributed by atoms with Crippen molar-refractivity contribution in [1.29, 1.82) is 0 Å². The first-order chi connectivity index (χ1) is 12.8. The number of aromatic nitrogens is 3. The molecule has 3 aromatic rings. The van der Waals surface area contributed by atoms with Crippen molar-refractivity contribution in [3.63, 3.8) is 0 Å². The molecule has 2 aromatic heterocycles. The Hall–Kier alpha value is -2.55. The van der Waals surface area contributed by atoms with Crippen LogP contribution in [0, 0.1) is 0 Å². The Morgan fingerprint density at radius 3 is 2.41 bits per heavy atom. The van der Waals surface area contributed by atoms with Gasteiger partial charge in [-0.05, 0) is 30.3 Å². The fourth-order valence-corrected chi connectivity index (χ4v) is 3.35. The molecule has 0 amide bonds. The Morgan fingerprint density at radius 2 is 1.78 bits per heavy atom. The minimum Gasteiger partial charge on any atom is -0.347 e. The number of anilines is 1. The van der Waals surface area contributed by atoms with Crippen LogP contribution in [0.2, 0.25) is 5.02 Å². The fraction of sp³-hybridized carbons (Fsp3) is 0.167. The number of benzene rings is 1. The lowest BCUT2D eigenvalue weighted by atomic mass is 10.1. The molecule has 0 aliphatic rings. The summed E-state index contributed by atoms with van der Waals surface area (Å²) < 4.78 is 27.5. The molecule has 27 heavy (non-hydrogen) atoms. The highest BCUT2D eigenvalue weighted by molar-refractivity contribution is 7.89. The Labute approximate surface area is 163 Å². The number of rotatable bonds is 6. The quantitative estimate of drug-likeness (QED) is 0.680. The highest BCUT2D eigenvalue weighted by Gasteiger charge is 2.15. The highest BCUT2D eigenvalue weighted by Crippen LogP contribution is 2.20. The molecule has 1 aromatic carbocycles. The van der Waals surface area contributed by atoms with Crippen LogP contribution in [-0.2, 0) is 16.6 Å². The van der Waals surface area contributed by atoms with Crippen molar-refractivity contribution >= 4 is 27.6 Å². The zero-order chi connectivity index (χ0) is 19.4. The van der Waals surface area contributed by atoms with E-state index in [1.807, 2.05) is 26.2 Å². The summed E-state index contributed by atoms with van der Waals surface area (Å²) in [5, 5.41) is 0.629. The molecule has 0 saturated carbocycles. The van der Waals surface area contributed by atoms with Gasteiger partial charge in [0.1, 0.15) is 4.90 Å². The maximum absolute atomic E-state index is 12.5. The molecule has 0 bridgehead atoms. The van der Waals surface area contributed by atoms with Gasteiger partial charge in [0.2, 0.25) is 16.0 Å². The molecule has 2 heterocycles. The van der Waals surface area contributed by atoms with Crippen LogP contribution in [-0.4, -0.2) is 37.5 Å². The molecule has 0 aliphatic carbocycles. The van der Waals surface area contributed by atoms with Gasteiger partial charge in [0, 0.05) is 37.1 Å². The molecular formula is C18H18ClN5O2S. The molecule has 9 heteroatoms. The third kappa shape index (κ3) is 4.79. The van der Waals surface area contributed by atoms with Crippen LogP contribution in [0.25, 0.3) is 11.3 Å². The molecule has 0 unspecified atom stereocenters. The standard InChI is InChI=1S/C18H18ClN5O2S/c1-24(2)18-20-10-9-15(23-18)11-22-27(25,26)16-7-8-17(21-12-16)13-3-5-14(19)6-4-13/h3-10,12,22H,11H2,1-2H3. The molecule has 0 spiro atoms. The molecule has 0 radical (unpaired) electrons. The van der Waals surface area contributed by atoms with Gasteiger partial charge in [0.15, 0.2) is 0 Å². The lowest BCUT2D eigenvalue weighted by Gasteiger charge is -2.11. The molecule has 0 aliphatic heterocycles. The van der Waals surface area contributed by atoms with Crippen molar-refractivity contribution < 1.29 is 8.42 Å². The summed E-state index contributed by atoms with van der Waals surface area (Å²) in [7, 11) is -0.0715. The average molecular weight is 404 g/mol. The predicted molar refractivity (Wildman–Crippen MR) is 105 cm³/mol. The number of nitrogens with zero attached hydrogens (tertiary/aromatic N) is 4. The summed E-state index contributed by atoms with van der Waals surface area (Å²) in [5.74, 6) is 0.515.